The fourth-order valence-electron chi connectivity index (χ4n) is 1.96. The monoisotopic (exact) mass is 270 g/mol. The zero-order valence-electron chi connectivity index (χ0n) is 9.90. The SMILES string of the molecule is O=C(O)C1CNCCN1C(=O)c1ccc(F)c(F)c1. The van der Waals surface area contributed by atoms with Gasteiger partial charge in [-0.3, -0.25) is 4.79 Å². The molecule has 102 valence electrons. The number of hydrogen-bond donors (Lipinski definition) is 2. The highest BCUT2D eigenvalue weighted by atomic mass is 19.2. The van der Waals surface area contributed by atoms with Crippen LogP contribution in [-0.2, 0) is 4.79 Å². The fraction of sp³-hybridized carbons (Fsp3) is 0.333. The predicted octanol–water partition coefficient (Wildman–Crippen LogP) is 0.463. The van der Waals surface area contributed by atoms with Gasteiger partial charge in [-0.15, -0.1) is 0 Å². The van der Waals surface area contributed by atoms with Crippen molar-refractivity contribution >= 4 is 11.9 Å². The minimum Gasteiger partial charge on any atom is -0.480 e. The highest BCUT2D eigenvalue weighted by molar-refractivity contribution is 5.96. The van der Waals surface area contributed by atoms with E-state index in [0.717, 1.165) is 23.1 Å². The Balaban J connectivity index is 2.26. The summed E-state index contributed by atoms with van der Waals surface area (Å²) in [6.07, 6.45) is 0. The Labute approximate surface area is 107 Å². The van der Waals surface area contributed by atoms with E-state index in [2.05, 4.69) is 5.32 Å². The molecule has 1 aliphatic rings. The molecule has 0 bridgehead atoms. The van der Waals surface area contributed by atoms with Crippen LogP contribution in [0.3, 0.4) is 0 Å². The molecular formula is C12H12F2N2O3. The summed E-state index contributed by atoms with van der Waals surface area (Å²) in [5.74, 6) is -3.93. The first-order chi connectivity index (χ1) is 9.00. The average Bonchev–Trinajstić information content (AvgIpc) is 2.41. The van der Waals surface area contributed by atoms with Crippen molar-refractivity contribution in [1.82, 2.24) is 10.2 Å². The van der Waals surface area contributed by atoms with Crippen LogP contribution in [0.4, 0.5) is 8.78 Å². The van der Waals surface area contributed by atoms with Gasteiger partial charge in [-0.2, -0.15) is 0 Å². The van der Waals surface area contributed by atoms with Crippen LogP contribution in [-0.4, -0.2) is 47.6 Å². The lowest BCUT2D eigenvalue weighted by atomic mass is 10.1. The second-order valence-electron chi connectivity index (χ2n) is 4.19. The van der Waals surface area contributed by atoms with Gasteiger partial charge in [-0.25, -0.2) is 13.6 Å². The number of aliphatic carboxylic acids is 1. The Morgan fingerprint density at radius 3 is 2.68 bits per heavy atom. The minimum absolute atomic E-state index is 0.0629. The lowest BCUT2D eigenvalue weighted by molar-refractivity contribution is -0.142. The van der Waals surface area contributed by atoms with Crippen molar-refractivity contribution < 1.29 is 23.5 Å². The van der Waals surface area contributed by atoms with Crippen molar-refractivity contribution in [3.63, 3.8) is 0 Å². The van der Waals surface area contributed by atoms with Crippen molar-refractivity contribution in [2.24, 2.45) is 0 Å². The van der Waals surface area contributed by atoms with Crippen LogP contribution in [0.5, 0.6) is 0 Å². The van der Waals surface area contributed by atoms with Gasteiger partial charge in [0.1, 0.15) is 6.04 Å². The summed E-state index contributed by atoms with van der Waals surface area (Å²) in [7, 11) is 0. The van der Waals surface area contributed by atoms with E-state index in [-0.39, 0.29) is 18.7 Å². The number of carboxylic acid groups (broad SMARTS) is 1. The molecule has 1 fully saturated rings. The van der Waals surface area contributed by atoms with Gasteiger partial charge >= 0.3 is 5.97 Å². The Morgan fingerprint density at radius 1 is 1.32 bits per heavy atom. The molecule has 19 heavy (non-hydrogen) atoms. The highest BCUT2D eigenvalue weighted by Gasteiger charge is 2.32. The molecular weight excluding hydrogens is 258 g/mol. The van der Waals surface area contributed by atoms with E-state index in [4.69, 9.17) is 5.11 Å². The van der Waals surface area contributed by atoms with Gasteiger partial charge in [0.15, 0.2) is 11.6 Å². The number of carbonyl (C=O) groups is 2. The number of hydrogen-bond acceptors (Lipinski definition) is 3. The maximum absolute atomic E-state index is 13.1. The van der Waals surface area contributed by atoms with Crippen molar-refractivity contribution in [3.05, 3.63) is 35.4 Å². The number of amides is 1. The maximum Gasteiger partial charge on any atom is 0.327 e. The van der Waals surface area contributed by atoms with E-state index >= 15 is 0 Å². The van der Waals surface area contributed by atoms with E-state index in [1.807, 2.05) is 0 Å². The van der Waals surface area contributed by atoms with E-state index in [1.54, 1.807) is 0 Å². The molecule has 1 aromatic carbocycles. The summed E-state index contributed by atoms with van der Waals surface area (Å²) in [6.45, 7) is 0.790. The Bertz CT molecular complexity index is 522. The average molecular weight is 270 g/mol. The van der Waals surface area contributed by atoms with Gasteiger partial charge in [0.2, 0.25) is 0 Å². The molecule has 0 aromatic heterocycles. The molecule has 5 nitrogen and oxygen atoms in total. The molecule has 1 atom stereocenters. The third kappa shape index (κ3) is 2.70. The van der Waals surface area contributed by atoms with Crippen LogP contribution in [0.15, 0.2) is 18.2 Å². The normalized spacial score (nSPS) is 19.3. The Morgan fingerprint density at radius 2 is 2.05 bits per heavy atom. The lowest BCUT2D eigenvalue weighted by Gasteiger charge is -2.33. The molecule has 0 saturated carbocycles. The minimum atomic E-state index is -1.14. The van der Waals surface area contributed by atoms with Crippen LogP contribution in [0, 0.1) is 11.6 Å². The van der Waals surface area contributed by atoms with Crippen molar-refractivity contribution in [1.29, 1.82) is 0 Å². The van der Waals surface area contributed by atoms with E-state index in [0.29, 0.717) is 6.54 Å². The lowest BCUT2D eigenvalue weighted by Crippen LogP contribution is -2.57. The topological polar surface area (TPSA) is 69.6 Å². The molecule has 1 amide bonds. The second kappa shape index (κ2) is 5.31. The first-order valence-electron chi connectivity index (χ1n) is 5.70. The van der Waals surface area contributed by atoms with Gasteiger partial charge in [0.05, 0.1) is 0 Å². The first kappa shape index (κ1) is 13.4. The number of carbonyl (C=O) groups excluding carboxylic acids is 1. The van der Waals surface area contributed by atoms with Crippen LogP contribution in [0.2, 0.25) is 0 Å². The molecule has 0 radical (unpaired) electrons. The smallest absolute Gasteiger partial charge is 0.327 e. The standard InChI is InChI=1S/C12H12F2N2O3/c13-8-2-1-7(5-9(8)14)11(17)16-4-3-15-6-10(16)12(18)19/h1-2,5,10,15H,3-4,6H2,(H,18,19). The second-order valence-corrected chi connectivity index (χ2v) is 4.19. The zero-order chi connectivity index (χ0) is 14.0. The van der Waals surface area contributed by atoms with E-state index in [1.165, 1.54) is 0 Å². The largest absolute Gasteiger partial charge is 0.480 e. The van der Waals surface area contributed by atoms with Crippen LogP contribution < -0.4 is 5.32 Å². The molecule has 0 spiro atoms. The molecule has 1 saturated heterocycles. The maximum atomic E-state index is 13.1. The fourth-order valence-corrected chi connectivity index (χ4v) is 1.96. The molecule has 0 aliphatic carbocycles. The van der Waals surface area contributed by atoms with Gasteiger partial charge in [-0.05, 0) is 18.2 Å². The molecule has 1 unspecified atom stereocenters. The number of benzene rings is 1. The number of piperazine rings is 1. The third-order valence-electron chi connectivity index (χ3n) is 2.96. The third-order valence-corrected chi connectivity index (χ3v) is 2.96. The number of halogens is 2. The molecule has 1 aromatic rings. The summed E-state index contributed by atoms with van der Waals surface area (Å²) < 4.78 is 25.9. The van der Waals surface area contributed by atoms with Crippen LogP contribution in [0.1, 0.15) is 10.4 Å². The van der Waals surface area contributed by atoms with Crippen molar-refractivity contribution in [2.45, 2.75) is 6.04 Å². The summed E-state index contributed by atoms with van der Waals surface area (Å²) >= 11 is 0. The van der Waals surface area contributed by atoms with Crippen LogP contribution in [0.25, 0.3) is 0 Å². The Kier molecular flexibility index (Phi) is 3.75. The van der Waals surface area contributed by atoms with Crippen molar-refractivity contribution in [2.75, 3.05) is 19.6 Å². The highest BCUT2D eigenvalue weighted by Crippen LogP contribution is 2.14. The van der Waals surface area contributed by atoms with Crippen molar-refractivity contribution in [3.8, 4) is 0 Å². The number of nitrogens with zero attached hydrogens (tertiary/aromatic N) is 1. The summed E-state index contributed by atoms with van der Waals surface area (Å²) in [4.78, 5) is 24.3. The van der Waals surface area contributed by atoms with Gasteiger partial charge in [0, 0.05) is 25.2 Å². The molecule has 1 heterocycles. The van der Waals surface area contributed by atoms with E-state index in [9.17, 15) is 18.4 Å². The first-order valence-corrected chi connectivity index (χ1v) is 5.70. The zero-order valence-corrected chi connectivity index (χ0v) is 9.90. The molecule has 2 rings (SSSR count). The van der Waals surface area contributed by atoms with Crippen LogP contribution >= 0.6 is 0 Å². The molecule has 2 N–H and O–H groups in total. The van der Waals surface area contributed by atoms with Gasteiger partial charge in [-0.1, -0.05) is 0 Å². The molecule has 1 aliphatic heterocycles. The molecule has 7 heteroatoms. The van der Waals surface area contributed by atoms with E-state index < -0.39 is 29.6 Å². The number of nitrogens with one attached hydrogen (secondary N) is 1. The quantitative estimate of drug-likeness (QED) is 0.819. The van der Waals surface area contributed by atoms with Gasteiger partial charge in [0.25, 0.3) is 5.91 Å². The summed E-state index contributed by atoms with van der Waals surface area (Å²) in [5, 5.41) is 11.9. The van der Waals surface area contributed by atoms with Gasteiger partial charge < -0.3 is 15.3 Å². The Hall–Kier alpha value is -2.02. The summed E-state index contributed by atoms with van der Waals surface area (Å²) in [5.41, 5.74) is -0.0629. The summed E-state index contributed by atoms with van der Waals surface area (Å²) in [6, 6.07) is 1.76. The number of carboxylic acids is 1. The predicted molar refractivity (Wildman–Crippen MR) is 61.7 cm³/mol. The number of rotatable bonds is 2.